The number of benzene rings is 1. The summed E-state index contributed by atoms with van der Waals surface area (Å²) in [5.74, 6) is -0.175. The highest BCUT2D eigenvalue weighted by Gasteiger charge is 2.26. The predicted octanol–water partition coefficient (Wildman–Crippen LogP) is 2.71. The van der Waals surface area contributed by atoms with Crippen molar-refractivity contribution in [2.75, 3.05) is 33.7 Å². The lowest BCUT2D eigenvalue weighted by Crippen LogP contribution is -2.44. The molecule has 2 nitrogen and oxygen atoms in total. The summed E-state index contributed by atoms with van der Waals surface area (Å²) in [4.78, 5) is 4.48. The number of rotatable bonds is 1. The Morgan fingerprint density at radius 1 is 1.29 bits per heavy atom. The van der Waals surface area contributed by atoms with Crippen LogP contribution in [0.25, 0.3) is 0 Å². The Morgan fingerprint density at radius 2 is 2.00 bits per heavy atom. The fourth-order valence-corrected chi connectivity index (χ4v) is 2.61. The molecule has 1 unspecified atom stereocenters. The van der Waals surface area contributed by atoms with E-state index in [1.165, 1.54) is 0 Å². The van der Waals surface area contributed by atoms with Crippen molar-refractivity contribution in [3.63, 3.8) is 0 Å². The summed E-state index contributed by atoms with van der Waals surface area (Å²) in [5, 5.41) is 0.663. The topological polar surface area (TPSA) is 6.48 Å². The van der Waals surface area contributed by atoms with E-state index in [-0.39, 0.29) is 11.9 Å². The van der Waals surface area contributed by atoms with Gasteiger partial charge in [0.05, 0.1) is 0 Å². The molecule has 1 aromatic carbocycles. The predicted molar refractivity (Wildman–Crippen MR) is 69.0 cm³/mol. The lowest BCUT2D eigenvalue weighted by atomic mass is 10.0. The van der Waals surface area contributed by atoms with Crippen LogP contribution in [0.4, 0.5) is 4.39 Å². The van der Waals surface area contributed by atoms with Crippen molar-refractivity contribution < 1.29 is 4.39 Å². The molecule has 1 aromatic rings. The van der Waals surface area contributed by atoms with Gasteiger partial charge < -0.3 is 4.90 Å². The largest absolute Gasteiger partial charge is 0.303 e. The summed E-state index contributed by atoms with van der Waals surface area (Å²) in [6.45, 7) is 4.65. The van der Waals surface area contributed by atoms with Crippen LogP contribution in [-0.2, 0) is 0 Å². The van der Waals surface area contributed by atoms with Gasteiger partial charge in [0, 0.05) is 30.7 Å². The van der Waals surface area contributed by atoms with E-state index in [0.29, 0.717) is 10.6 Å². The van der Waals surface area contributed by atoms with Crippen LogP contribution < -0.4 is 0 Å². The number of hydrogen-bond donors (Lipinski definition) is 0. The molecule has 1 heterocycles. The Bertz CT molecular complexity index is 422. The van der Waals surface area contributed by atoms with Gasteiger partial charge in [-0.2, -0.15) is 0 Å². The van der Waals surface area contributed by atoms with E-state index in [1.54, 1.807) is 19.1 Å². The number of piperazine rings is 1. The maximum atomic E-state index is 13.6. The third-order valence-corrected chi connectivity index (χ3v) is 3.82. The minimum atomic E-state index is -0.175. The molecular weight excluding hydrogens is 239 g/mol. The summed E-state index contributed by atoms with van der Waals surface area (Å²) in [5.41, 5.74) is 1.49. The molecule has 1 saturated heterocycles. The molecule has 0 spiro atoms. The molecule has 1 fully saturated rings. The summed E-state index contributed by atoms with van der Waals surface area (Å²) in [6, 6.07) is 3.48. The van der Waals surface area contributed by atoms with Gasteiger partial charge in [0.15, 0.2) is 0 Å². The molecule has 2 rings (SSSR count). The highest BCUT2D eigenvalue weighted by Crippen LogP contribution is 2.31. The molecule has 0 radical (unpaired) electrons. The first-order valence-corrected chi connectivity index (χ1v) is 6.21. The van der Waals surface area contributed by atoms with Crippen LogP contribution in [0.1, 0.15) is 17.2 Å². The Balaban J connectivity index is 2.35. The molecule has 17 heavy (non-hydrogen) atoms. The molecule has 94 valence electrons. The molecule has 1 aliphatic heterocycles. The molecule has 0 N–H and O–H groups in total. The zero-order valence-corrected chi connectivity index (χ0v) is 11.3. The standard InChI is InChI=1S/C13H18ClFN2/c1-9-6-11(14)10(7-12(9)15)13-8-16(2)4-5-17(13)3/h6-7,13H,4-5,8H2,1-3H3. The Morgan fingerprint density at radius 3 is 2.71 bits per heavy atom. The van der Waals surface area contributed by atoms with Crippen molar-refractivity contribution in [1.82, 2.24) is 9.80 Å². The lowest BCUT2D eigenvalue weighted by Gasteiger charge is -2.38. The van der Waals surface area contributed by atoms with E-state index in [9.17, 15) is 4.39 Å². The lowest BCUT2D eigenvalue weighted by molar-refractivity contribution is 0.115. The van der Waals surface area contributed by atoms with Gasteiger partial charge in [0.2, 0.25) is 0 Å². The first-order valence-electron chi connectivity index (χ1n) is 5.83. The molecule has 1 aliphatic rings. The van der Waals surface area contributed by atoms with Gasteiger partial charge in [-0.25, -0.2) is 4.39 Å². The number of hydrogen-bond acceptors (Lipinski definition) is 2. The van der Waals surface area contributed by atoms with Gasteiger partial charge in [-0.1, -0.05) is 11.6 Å². The summed E-state index contributed by atoms with van der Waals surface area (Å²) >= 11 is 6.24. The molecular formula is C13H18ClFN2. The van der Waals surface area contributed by atoms with Crippen molar-refractivity contribution in [1.29, 1.82) is 0 Å². The first-order chi connectivity index (χ1) is 7.99. The van der Waals surface area contributed by atoms with Crippen LogP contribution in [0.3, 0.4) is 0 Å². The van der Waals surface area contributed by atoms with Crippen LogP contribution in [0.2, 0.25) is 5.02 Å². The number of halogens is 2. The van der Waals surface area contributed by atoms with E-state index in [4.69, 9.17) is 11.6 Å². The Hall–Kier alpha value is -0.640. The summed E-state index contributed by atoms with van der Waals surface area (Å²) in [6.07, 6.45) is 0. The smallest absolute Gasteiger partial charge is 0.126 e. The van der Waals surface area contributed by atoms with Crippen molar-refractivity contribution in [3.05, 3.63) is 34.1 Å². The highest BCUT2D eigenvalue weighted by molar-refractivity contribution is 6.31. The van der Waals surface area contributed by atoms with Crippen LogP contribution in [0.5, 0.6) is 0 Å². The van der Waals surface area contributed by atoms with Crippen LogP contribution in [0, 0.1) is 12.7 Å². The monoisotopic (exact) mass is 256 g/mol. The maximum absolute atomic E-state index is 13.6. The zero-order chi connectivity index (χ0) is 12.6. The van der Waals surface area contributed by atoms with Crippen LogP contribution in [0.15, 0.2) is 12.1 Å². The molecule has 4 heteroatoms. The van der Waals surface area contributed by atoms with Crippen LogP contribution in [-0.4, -0.2) is 43.5 Å². The van der Waals surface area contributed by atoms with E-state index in [0.717, 1.165) is 25.2 Å². The zero-order valence-electron chi connectivity index (χ0n) is 10.5. The third-order valence-electron chi connectivity index (χ3n) is 3.49. The normalized spacial score (nSPS) is 23.0. The minimum absolute atomic E-state index is 0.175. The van der Waals surface area contributed by atoms with Gasteiger partial charge in [-0.05, 0) is 44.3 Å². The van der Waals surface area contributed by atoms with Gasteiger partial charge in [0.1, 0.15) is 5.82 Å². The minimum Gasteiger partial charge on any atom is -0.303 e. The van der Waals surface area contributed by atoms with Crippen molar-refractivity contribution >= 4 is 11.6 Å². The van der Waals surface area contributed by atoms with E-state index in [1.807, 2.05) is 0 Å². The van der Waals surface area contributed by atoms with E-state index < -0.39 is 0 Å². The summed E-state index contributed by atoms with van der Waals surface area (Å²) < 4.78 is 13.6. The molecule has 0 amide bonds. The molecule has 0 aliphatic carbocycles. The molecule has 0 aromatic heterocycles. The van der Waals surface area contributed by atoms with Gasteiger partial charge >= 0.3 is 0 Å². The van der Waals surface area contributed by atoms with E-state index in [2.05, 4.69) is 23.9 Å². The number of aryl methyl sites for hydroxylation is 1. The fraction of sp³-hybridized carbons (Fsp3) is 0.538. The second-order valence-corrected chi connectivity index (χ2v) is 5.29. The van der Waals surface area contributed by atoms with Gasteiger partial charge in [0.25, 0.3) is 0 Å². The maximum Gasteiger partial charge on any atom is 0.126 e. The van der Waals surface area contributed by atoms with Crippen molar-refractivity contribution in [2.24, 2.45) is 0 Å². The Kier molecular flexibility index (Phi) is 3.71. The van der Waals surface area contributed by atoms with Gasteiger partial charge in [-0.15, -0.1) is 0 Å². The molecule has 1 atom stereocenters. The SMILES string of the molecule is Cc1cc(Cl)c(C2CN(C)CCN2C)cc1F. The summed E-state index contributed by atoms with van der Waals surface area (Å²) in [7, 11) is 4.14. The van der Waals surface area contributed by atoms with Crippen molar-refractivity contribution in [2.45, 2.75) is 13.0 Å². The van der Waals surface area contributed by atoms with E-state index >= 15 is 0 Å². The Labute approximate surface area is 107 Å². The molecule has 0 bridgehead atoms. The highest BCUT2D eigenvalue weighted by atomic mass is 35.5. The molecule has 0 saturated carbocycles. The first kappa shape index (κ1) is 12.8. The third kappa shape index (κ3) is 2.62. The second kappa shape index (κ2) is 4.92. The quantitative estimate of drug-likeness (QED) is 0.762. The average molecular weight is 257 g/mol. The second-order valence-electron chi connectivity index (χ2n) is 4.88. The fourth-order valence-electron chi connectivity index (χ4n) is 2.26. The number of likely N-dealkylation sites (N-methyl/N-ethyl adjacent to an activating group) is 2. The van der Waals surface area contributed by atoms with Crippen LogP contribution >= 0.6 is 11.6 Å². The average Bonchev–Trinajstić information content (AvgIpc) is 2.27. The van der Waals surface area contributed by atoms with Gasteiger partial charge in [-0.3, -0.25) is 4.90 Å². The number of nitrogens with zero attached hydrogens (tertiary/aromatic N) is 2. The van der Waals surface area contributed by atoms with Crippen molar-refractivity contribution in [3.8, 4) is 0 Å².